The molecular weight excluding hydrogens is 170 g/mol. The number of aliphatic hydroxyl groups excluding tert-OH is 1. The Kier molecular flexibility index (Phi) is 2.77. The molecule has 72 valence electrons. The molecule has 0 bridgehead atoms. The highest BCUT2D eigenvalue weighted by atomic mass is 16.3. The maximum atomic E-state index is 11.4. The number of ketones is 1. The third-order valence-corrected chi connectivity index (χ3v) is 1.66. The van der Waals surface area contributed by atoms with Crippen molar-refractivity contribution in [3.8, 4) is 0 Å². The summed E-state index contributed by atoms with van der Waals surface area (Å²) in [5.41, 5.74) is 0. The van der Waals surface area contributed by atoms with Crippen LogP contribution in [0, 0.1) is 0 Å². The fraction of sp³-hybridized carbons (Fsp3) is 0.625. The Hall–Kier alpha value is -1.23. The second kappa shape index (κ2) is 3.66. The normalized spacial score (nSPS) is 13.3. The van der Waals surface area contributed by atoms with Crippen LogP contribution >= 0.6 is 0 Å². The molecule has 1 aromatic heterocycles. The molecule has 5 heteroatoms. The summed E-state index contributed by atoms with van der Waals surface area (Å²) >= 11 is 0. The Morgan fingerprint density at radius 3 is 2.62 bits per heavy atom. The van der Waals surface area contributed by atoms with Gasteiger partial charge in [-0.05, 0) is 20.8 Å². The molecule has 1 unspecified atom stereocenters. The molecule has 0 radical (unpaired) electrons. The van der Waals surface area contributed by atoms with Crippen molar-refractivity contribution in [1.82, 2.24) is 14.8 Å². The molecule has 0 saturated carbocycles. The zero-order valence-corrected chi connectivity index (χ0v) is 7.93. The largest absolute Gasteiger partial charge is 0.385 e. The van der Waals surface area contributed by atoms with Gasteiger partial charge in [-0.2, -0.15) is 5.10 Å². The van der Waals surface area contributed by atoms with E-state index in [4.69, 9.17) is 5.11 Å². The molecule has 0 fully saturated rings. The third kappa shape index (κ3) is 1.92. The summed E-state index contributed by atoms with van der Waals surface area (Å²) in [7, 11) is 0. The van der Waals surface area contributed by atoms with Crippen molar-refractivity contribution in [1.29, 1.82) is 0 Å². The van der Waals surface area contributed by atoms with Crippen LogP contribution in [0.15, 0.2) is 6.33 Å². The molecule has 0 aliphatic rings. The summed E-state index contributed by atoms with van der Waals surface area (Å²) in [5, 5.41) is 13.0. The lowest BCUT2D eigenvalue weighted by molar-refractivity contribution is 0.0760. The van der Waals surface area contributed by atoms with Gasteiger partial charge in [-0.25, -0.2) is 9.67 Å². The predicted octanol–water partition coefficient (Wildman–Crippen LogP) is 0.422. The van der Waals surface area contributed by atoms with Crippen LogP contribution in [0.1, 0.15) is 37.4 Å². The first-order chi connectivity index (χ1) is 6.04. The average molecular weight is 183 g/mol. The van der Waals surface area contributed by atoms with Crippen molar-refractivity contribution in [2.24, 2.45) is 0 Å². The average Bonchev–Trinajstić information content (AvgIpc) is 2.50. The van der Waals surface area contributed by atoms with Gasteiger partial charge < -0.3 is 5.11 Å². The van der Waals surface area contributed by atoms with E-state index in [-0.39, 0.29) is 11.9 Å². The van der Waals surface area contributed by atoms with Crippen molar-refractivity contribution in [3.63, 3.8) is 0 Å². The first-order valence-corrected chi connectivity index (χ1v) is 4.15. The van der Waals surface area contributed by atoms with E-state index in [0.717, 1.165) is 0 Å². The lowest BCUT2D eigenvalue weighted by atomic mass is 10.2. The Morgan fingerprint density at radius 2 is 2.15 bits per heavy atom. The standard InChI is InChI=1S/C8H13N3O2/c1-5(2)11-8(9-4-10-11)7(13)6(3)12/h4-6,12H,1-3H3. The molecule has 1 N–H and O–H groups in total. The lowest BCUT2D eigenvalue weighted by Gasteiger charge is -2.08. The van der Waals surface area contributed by atoms with Crippen molar-refractivity contribution in [3.05, 3.63) is 12.2 Å². The number of rotatable bonds is 3. The van der Waals surface area contributed by atoms with Crippen LogP contribution in [-0.4, -0.2) is 31.8 Å². The summed E-state index contributed by atoms with van der Waals surface area (Å²) in [4.78, 5) is 15.2. The quantitative estimate of drug-likeness (QED) is 0.690. The predicted molar refractivity (Wildman–Crippen MR) is 46.4 cm³/mol. The van der Waals surface area contributed by atoms with Crippen LogP contribution in [0.4, 0.5) is 0 Å². The van der Waals surface area contributed by atoms with Crippen molar-refractivity contribution < 1.29 is 9.90 Å². The van der Waals surface area contributed by atoms with Gasteiger partial charge in [0.1, 0.15) is 12.4 Å². The highest BCUT2D eigenvalue weighted by Crippen LogP contribution is 2.07. The number of hydrogen-bond acceptors (Lipinski definition) is 4. The van der Waals surface area contributed by atoms with Crippen LogP contribution in [0.25, 0.3) is 0 Å². The van der Waals surface area contributed by atoms with E-state index < -0.39 is 11.9 Å². The molecule has 0 amide bonds. The van der Waals surface area contributed by atoms with Gasteiger partial charge >= 0.3 is 0 Å². The van der Waals surface area contributed by atoms with Gasteiger partial charge in [0.15, 0.2) is 5.82 Å². The molecule has 0 saturated heterocycles. The molecule has 0 spiro atoms. The molecule has 0 aliphatic carbocycles. The van der Waals surface area contributed by atoms with Gasteiger partial charge in [-0.15, -0.1) is 0 Å². The van der Waals surface area contributed by atoms with E-state index in [1.165, 1.54) is 17.9 Å². The van der Waals surface area contributed by atoms with Crippen LogP contribution in [-0.2, 0) is 0 Å². The lowest BCUT2D eigenvalue weighted by Crippen LogP contribution is -2.22. The molecular formula is C8H13N3O2. The van der Waals surface area contributed by atoms with Crippen molar-refractivity contribution in [2.45, 2.75) is 32.9 Å². The van der Waals surface area contributed by atoms with E-state index in [1.807, 2.05) is 13.8 Å². The number of carbonyl (C=O) groups excluding carboxylic acids is 1. The van der Waals surface area contributed by atoms with E-state index in [2.05, 4.69) is 10.1 Å². The summed E-state index contributed by atoms with van der Waals surface area (Å²) in [6.45, 7) is 5.21. The van der Waals surface area contributed by atoms with Crippen LogP contribution in [0.5, 0.6) is 0 Å². The van der Waals surface area contributed by atoms with E-state index in [0.29, 0.717) is 0 Å². The molecule has 1 rings (SSSR count). The Morgan fingerprint density at radius 1 is 1.54 bits per heavy atom. The fourth-order valence-corrected chi connectivity index (χ4v) is 0.991. The van der Waals surface area contributed by atoms with Crippen LogP contribution < -0.4 is 0 Å². The third-order valence-electron chi connectivity index (χ3n) is 1.66. The van der Waals surface area contributed by atoms with Gasteiger partial charge in [-0.3, -0.25) is 4.79 Å². The number of hydrogen-bond donors (Lipinski definition) is 1. The van der Waals surface area contributed by atoms with Crippen molar-refractivity contribution >= 4 is 5.78 Å². The number of carbonyl (C=O) groups is 1. The van der Waals surface area contributed by atoms with Gasteiger partial charge in [0.05, 0.1) is 0 Å². The highest BCUT2D eigenvalue weighted by Gasteiger charge is 2.19. The van der Waals surface area contributed by atoms with Gasteiger partial charge in [0.2, 0.25) is 5.78 Å². The number of nitrogens with zero attached hydrogens (tertiary/aromatic N) is 3. The number of Topliss-reactive ketones (excluding diaryl/α,β-unsaturated/α-hetero) is 1. The Labute approximate surface area is 76.4 Å². The molecule has 13 heavy (non-hydrogen) atoms. The molecule has 1 aromatic rings. The molecule has 1 heterocycles. The molecule has 1 atom stereocenters. The Bertz CT molecular complexity index is 304. The summed E-state index contributed by atoms with van der Waals surface area (Å²) in [6.07, 6.45) is 0.289. The first-order valence-electron chi connectivity index (χ1n) is 4.15. The number of aromatic nitrogens is 3. The second-order valence-electron chi connectivity index (χ2n) is 3.16. The molecule has 5 nitrogen and oxygen atoms in total. The smallest absolute Gasteiger partial charge is 0.227 e. The SMILES string of the molecule is CC(O)C(=O)c1ncnn1C(C)C. The molecule has 0 aliphatic heterocycles. The fourth-order valence-electron chi connectivity index (χ4n) is 0.991. The topological polar surface area (TPSA) is 68.0 Å². The minimum absolute atomic E-state index is 0.0696. The zero-order chi connectivity index (χ0) is 10.0. The molecule has 0 aromatic carbocycles. The summed E-state index contributed by atoms with van der Waals surface area (Å²) < 4.78 is 1.50. The second-order valence-corrected chi connectivity index (χ2v) is 3.16. The van der Waals surface area contributed by atoms with Crippen LogP contribution in [0.2, 0.25) is 0 Å². The van der Waals surface area contributed by atoms with Gasteiger partial charge in [0.25, 0.3) is 0 Å². The van der Waals surface area contributed by atoms with E-state index in [1.54, 1.807) is 0 Å². The van der Waals surface area contributed by atoms with E-state index in [9.17, 15) is 4.79 Å². The minimum Gasteiger partial charge on any atom is -0.385 e. The first kappa shape index (κ1) is 9.85. The van der Waals surface area contributed by atoms with Gasteiger partial charge in [0, 0.05) is 6.04 Å². The van der Waals surface area contributed by atoms with Gasteiger partial charge in [-0.1, -0.05) is 0 Å². The Balaban J connectivity index is 3.01. The number of aliphatic hydroxyl groups is 1. The minimum atomic E-state index is -1.03. The monoisotopic (exact) mass is 183 g/mol. The highest BCUT2D eigenvalue weighted by molar-refractivity contribution is 5.95. The van der Waals surface area contributed by atoms with E-state index >= 15 is 0 Å². The maximum Gasteiger partial charge on any atom is 0.227 e. The summed E-state index contributed by atoms with van der Waals surface area (Å²) in [5.74, 6) is -0.184. The van der Waals surface area contributed by atoms with Crippen LogP contribution in [0.3, 0.4) is 0 Å². The van der Waals surface area contributed by atoms with Crippen molar-refractivity contribution in [2.75, 3.05) is 0 Å². The summed E-state index contributed by atoms with van der Waals surface area (Å²) in [6, 6.07) is 0.0696. The maximum absolute atomic E-state index is 11.4. The zero-order valence-electron chi connectivity index (χ0n) is 7.93.